The van der Waals surface area contributed by atoms with Crippen molar-refractivity contribution in [3.63, 3.8) is 0 Å². The first-order valence-corrected chi connectivity index (χ1v) is 10.00. The highest BCUT2D eigenvalue weighted by molar-refractivity contribution is 7.98. The maximum Gasteiger partial charge on any atom is 0.272 e. The minimum Gasteiger partial charge on any atom is -0.344 e. The Labute approximate surface area is 167 Å². The third kappa shape index (κ3) is 4.14. The molecule has 0 aliphatic heterocycles. The number of carbonyl (C=O) groups excluding carboxylic acids is 1. The van der Waals surface area contributed by atoms with Gasteiger partial charge in [0.05, 0.1) is 29.1 Å². The molecule has 0 spiro atoms. The van der Waals surface area contributed by atoms with Crippen LogP contribution in [0, 0.1) is 13.8 Å². The Hall–Kier alpha value is -2.38. The van der Waals surface area contributed by atoms with Crippen LogP contribution in [-0.4, -0.2) is 31.9 Å². The molecule has 1 atom stereocenters. The summed E-state index contributed by atoms with van der Waals surface area (Å²) in [6.45, 7) is 5.93. The molecule has 3 aromatic rings. The maximum absolute atomic E-state index is 12.6. The zero-order valence-electron chi connectivity index (χ0n) is 15.5. The molecule has 0 aliphatic rings. The Bertz CT molecular complexity index is 971. The van der Waals surface area contributed by atoms with E-state index >= 15 is 0 Å². The van der Waals surface area contributed by atoms with Gasteiger partial charge < -0.3 is 5.32 Å². The molecule has 1 amide bonds. The van der Waals surface area contributed by atoms with Crippen molar-refractivity contribution >= 4 is 29.3 Å². The lowest BCUT2D eigenvalue weighted by molar-refractivity contribution is 0.0934. The summed E-state index contributed by atoms with van der Waals surface area (Å²) in [5, 5.41) is 8.14. The molecule has 0 aliphatic carbocycles. The summed E-state index contributed by atoms with van der Waals surface area (Å²) in [6, 6.07) is 7.88. The maximum atomic E-state index is 12.6. The molecular formula is C19H20ClN5OS. The second-order valence-electron chi connectivity index (χ2n) is 6.18. The molecule has 3 rings (SSSR count). The van der Waals surface area contributed by atoms with E-state index in [1.807, 2.05) is 56.0 Å². The Kier molecular flexibility index (Phi) is 5.82. The van der Waals surface area contributed by atoms with Crippen LogP contribution in [0.4, 0.5) is 0 Å². The fourth-order valence-electron chi connectivity index (χ4n) is 2.74. The lowest BCUT2D eigenvalue weighted by Crippen LogP contribution is -2.28. The SMILES string of the molecule is CSc1ncc(Cl)c(C(=O)NC(C)c2cnn(-c3ccc(C)cc3)c2C)n1. The lowest BCUT2D eigenvalue weighted by Gasteiger charge is -2.14. The van der Waals surface area contributed by atoms with Crippen molar-refractivity contribution in [3.8, 4) is 5.69 Å². The summed E-state index contributed by atoms with van der Waals surface area (Å²) in [4.78, 5) is 20.9. The van der Waals surface area contributed by atoms with Crippen molar-refractivity contribution < 1.29 is 4.79 Å². The number of hydrogen-bond acceptors (Lipinski definition) is 5. The molecule has 2 heterocycles. The van der Waals surface area contributed by atoms with Crippen LogP contribution in [-0.2, 0) is 0 Å². The first-order valence-electron chi connectivity index (χ1n) is 8.39. The number of nitrogens with zero attached hydrogens (tertiary/aromatic N) is 4. The lowest BCUT2D eigenvalue weighted by atomic mass is 10.1. The van der Waals surface area contributed by atoms with E-state index in [4.69, 9.17) is 11.6 Å². The highest BCUT2D eigenvalue weighted by atomic mass is 35.5. The second kappa shape index (κ2) is 8.10. The van der Waals surface area contributed by atoms with Crippen molar-refractivity contribution in [2.24, 2.45) is 0 Å². The van der Waals surface area contributed by atoms with Gasteiger partial charge in [-0.05, 0) is 39.2 Å². The molecule has 0 saturated carbocycles. The molecular weight excluding hydrogens is 382 g/mol. The van der Waals surface area contributed by atoms with E-state index in [1.165, 1.54) is 23.5 Å². The van der Waals surface area contributed by atoms with Gasteiger partial charge in [-0.2, -0.15) is 5.10 Å². The van der Waals surface area contributed by atoms with Crippen molar-refractivity contribution in [2.75, 3.05) is 6.26 Å². The Morgan fingerprint density at radius 2 is 1.93 bits per heavy atom. The van der Waals surface area contributed by atoms with Crippen molar-refractivity contribution in [1.82, 2.24) is 25.1 Å². The number of thioether (sulfide) groups is 1. The monoisotopic (exact) mass is 401 g/mol. The molecule has 1 unspecified atom stereocenters. The molecule has 1 aromatic carbocycles. The van der Waals surface area contributed by atoms with Gasteiger partial charge in [-0.1, -0.05) is 41.1 Å². The number of hydrogen-bond donors (Lipinski definition) is 1. The Balaban J connectivity index is 1.82. The molecule has 6 nitrogen and oxygen atoms in total. The molecule has 0 bridgehead atoms. The van der Waals surface area contributed by atoms with E-state index in [0.717, 1.165) is 16.9 Å². The standard InChI is InChI=1S/C19H20ClN5OS/c1-11-5-7-14(8-6-11)25-13(3)15(9-22-25)12(2)23-18(26)17-16(20)10-21-19(24-17)27-4/h5-10,12H,1-4H3,(H,23,26). The molecule has 0 radical (unpaired) electrons. The largest absolute Gasteiger partial charge is 0.344 e. The normalized spacial score (nSPS) is 12.0. The first kappa shape index (κ1) is 19.4. The van der Waals surface area contributed by atoms with Gasteiger partial charge in [0.1, 0.15) is 0 Å². The van der Waals surface area contributed by atoms with Gasteiger partial charge in [-0.25, -0.2) is 14.6 Å². The van der Waals surface area contributed by atoms with Gasteiger partial charge in [0, 0.05) is 11.3 Å². The van der Waals surface area contributed by atoms with Gasteiger partial charge >= 0.3 is 0 Å². The molecule has 27 heavy (non-hydrogen) atoms. The quantitative estimate of drug-likeness (QED) is 0.513. The molecule has 2 aromatic heterocycles. The van der Waals surface area contributed by atoms with Gasteiger partial charge in [-0.3, -0.25) is 4.79 Å². The van der Waals surface area contributed by atoms with Crippen LogP contribution in [0.1, 0.15) is 40.3 Å². The highest BCUT2D eigenvalue weighted by Crippen LogP contribution is 2.22. The minimum absolute atomic E-state index is 0.173. The van der Waals surface area contributed by atoms with Crippen LogP contribution >= 0.6 is 23.4 Å². The van der Waals surface area contributed by atoms with Crippen LogP contribution in [0.5, 0.6) is 0 Å². The fourth-order valence-corrected chi connectivity index (χ4v) is 3.26. The van der Waals surface area contributed by atoms with Crippen LogP contribution in [0.2, 0.25) is 5.02 Å². The third-order valence-corrected chi connectivity index (χ3v) is 5.10. The summed E-state index contributed by atoms with van der Waals surface area (Å²) in [7, 11) is 0. The minimum atomic E-state index is -0.340. The van der Waals surface area contributed by atoms with Crippen LogP contribution in [0.3, 0.4) is 0 Å². The first-order chi connectivity index (χ1) is 12.9. The van der Waals surface area contributed by atoms with Gasteiger partial charge in [0.25, 0.3) is 5.91 Å². The van der Waals surface area contributed by atoms with E-state index < -0.39 is 0 Å². The zero-order chi connectivity index (χ0) is 19.6. The number of aromatic nitrogens is 4. The van der Waals surface area contributed by atoms with Gasteiger partial charge in [0.15, 0.2) is 10.9 Å². The fraction of sp³-hybridized carbons (Fsp3) is 0.263. The molecule has 140 valence electrons. The van der Waals surface area contributed by atoms with Gasteiger partial charge in [0.2, 0.25) is 0 Å². The Morgan fingerprint density at radius 1 is 1.22 bits per heavy atom. The summed E-state index contributed by atoms with van der Waals surface area (Å²) in [5.41, 5.74) is 4.23. The van der Waals surface area contributed by atoms with Crippen LogP contribution in [0.15, 0.2) is 41.8 Å². The molecule has 0 saturated heterocycles. The number of amides is 1. The van der Waals surface area contributed by atoms with E-state index in [-0.39, 0.29) is 22.7 Å². The number of carbonyl (C=O) groups is 1. The van der Waals surface area contributed by atoms with E-state index in [1.54, 1.807) is 6.20 Å². The van der Waals surface area contributed by atoms with Crippen molar-refractivity contribution in [2.45, 2.75) is 32.0 Å². The number of nitrogens with one attached hydrogen (secondary N) is 1. The summed E-state index contributed by atoms with van der Waals surface area (Å²) in [6.07, 6.45) is 5.06. The topological polar surface area (TPSA) is 72.7 Å². The summed E-state index contributed by atoms with van der Waals surface area (Å²) < 4.78 is 1.86. The summed E-state index contributed by atoms with van der Waals surface area (Å²) >= 11 is 7.45. The average Bonchev–Trinajstić information content (AvgIpc) is 3.04. The smallest absolute Gasteiger partial charge is 0.272 e. The second-order valence-corrected chi connectivity index (χ2v) is 7.36. The van der Waals surface area contributed by atoms with Crippen molar-refractivity contribution in [3.05, 3.63) is 64.2 Å². The number of aryl methyl sites for hydroxylation is 1. The van der Waals surface area contributed by atoms with Gasteiger partial charge in [-0.15, -0.1) is 0 Å². The number of benzene rings is 1. The molecule has 1 N–H and O–H groups in total. The predicted octanol–water partition coefficient (Wildman–Crippen LogP) is 4.15. The highest BCUT2D eigenvalue weighted by Gasteiger charge is 2.20. The molecule has 0 fully saturated rings. The van der Waals surface area contributed by atoms with E-state index in [0.29, 0.717) is 5.16 Å². The van der Waals surface area contributed by atoms with E-state index in [2.05, 4.69) is 20.4 Å². The average molecular weight is 402 g/mol. The van der Waals surface area contributed by atoms with Crippen molar-refractivity contribution in [1.29, 1.82) is 0 Å². The number of rotatable bonds is 5. The van der Waals surface area contributed by atoms with E-state index in [9.17, 15) is 4.79 Å². The van der Waals surface area contributed by atoms with Crippen LogP contribution in [0.25, 0.3) is 5.69 Å². The van der Waals surface area contributed by atoms with Crippen LogP contribution < -0.4 is 5.32 Å². The summed E-state index contributed by atoms with van der Waals surface area (Å²) in [5.74, 6) is -0.340. The number of halogens is 1. The zero-order valence-corrected chi connectivity index (χ0v) is 17.1. The Morgan fingerprint density at radius 3 is 2.59 bits per heavy atom. The molecule has 8 heteroatoms. The predicted molar refractivity (Wildman–Crippen MR) is 108 cm³/mol. The third-order valence-electron chi connectivity index (χ3n) is 4.26.